The molecule has 0 aromatic carbocycles. The summed E-state index contributed by atoms with van der Waals surface area (Å²) in [6, 6.07) is 0. The molecule has 21 heterocycles. The zero-order valence-electron chi connectivity index (χ0n) is 41.7. The lowest BCUT2D eigenvalue weighted by atomic mass is 9.95. The highest BCUT2D eigenvalue weighted by atomic mass is 16.8. The predicted molar refractivity (Wildman–Crippen MR) is 232 cm³/mol. The van der Waals surface area contributed by atoms with Gasteiger partial charge in [-0.15, -0.1) is 0 Å². The number of aliphatic hydroxyl groups is 14. The first-order valence-corrected chi connectivity index (χ1v) is 24.6. The average molecular weight is 1230 g/mol. The van der Waals surface area contributed by atoms with Crippen LogP contribution in [0.4, 0.5) is 0 Å². The van der Waals surface area contributed by atoms with Crippen molar-refractivity contribution in [2.45, 2.75) is 215 Å². The van der Waals surface area contributed by atoms with E-state index in [1.165, 1.54) is 0 Å². The molecule has 35 atom stereocenters. The molecular formula is C42H56O42. The molecule has 0 spiro atoms. The molecule has 21 fully saturated rings. The van der Waals surface area contributed by atoms with Gasteiger partial charge in [-0.2, -0.15) is 0 Å². The Morgan fingerprint density at radius 1 is 0.167 bits per heavy atom. The second kappa shape index (κ2) is 25.5. The summed E-state index contributed by atoms with van der Waals surface area (Å²) in [4.78, 5) is 88.3. The van der Waals surface area contributed by atoms with E-state index in [-0.39, 0.29) is 0 Å². The molecule has 0 saturated carbocycles. The summed E-state index contributed by atoms with van der Waals surface area (Å²) in [6.07, 6.45) is -92.6. The van der Waals surface area contributed by atoms with Crippen molar-refractivity contribution in [3.05, 3.63) is 0 Å². The second-order valence-electron chi connectivity index (χ2n) is 19.9. The van der Waals surface area contributed by atoms with Crippen molar-refractivity contribution >= 4 is 41.8 Å². The number of hydrogen-bond acceptors (Lipinski definition) is 35. The van der Waals surface area contributed by atoms with Gasteiger partial charge < -0.3 is 174 Å². The van der Waals surface area contributed by atoms with Gasteiger partial charge in [-0.1, -0.05) is 0 Å². The van der Waals surface area contributed by atoms with Crippen LogP contribution in [0.2, 0.25) is 0 Å². The molecule has 0 radical (unpaired) electrons. The fourth-order valence-corrected chi connectivity index (χ4v) is 10.2. The maximum absolute atomic E-state index is 12.6. The number of aliphatic carboxylic acids is 7. The Balaban J connectivity index is 1.14. The topological polar surface area (TPSA) is 674 Å². The Bertz CT molecular complexity index is 1960. The summed E-state index contributed by atoms with van der Waals surface area (Å²) >= 11 is 0. The lowest BCUT2D eigenvalue weighted by molar-refractivity contribution is -0.387. The summed E-state index contributed by atoms with van der Waals surface area (Å²) < 4.78 is 73.9. The molecule has 42 heteroatoms. The van der Waals surface area contributed by atoms with E-state index < -0.39 is 257 Å². The molecule has 0 aromatic heterocycles. The third kappa shape index (κ3) is 12.3. The van der Waals surface area contributed by atoms with Gasteiger partial charge in [0.2, 0.25) is 0 Å². The van der Waals surface area contributed by atoms with Crippen molar-refractivity contribution in [3.63, 3.8) is 0 Å². The number of ether oxygens (including phenoxy) is 14. The van der Waals surface area contributed by atoms with E-state index in [9.17, 15) is 141 Å². The zero-order valence-corrected chi connectivity index (χ0v) is 41.7. The third-order valence-electron chi connectivity index (χ3n) is 14.6. The fourth-order valence-electron chi connectivity index (χ4n) is 10.2. The number of carbonyl (C=O) groups is 7. The van der Waals surface area contributed by atoms with E-state index in [0.717, 1.165) is 0 Å². The van der Waals surface area contributed by atoms with Crippen LogP contribution in [0.5, 0.6) is 0 Å². The molecule has 21 saturated heterocycles. The van der Waals surface area contributed by atoms with Gasteiger partial charge in [-0.25, -0.2) is 33.6 Å². The zero-order chi connectivity index (χ0) is 62.1. The Kier molecular flexibility index (Phi) is 19.8. The Hall–Kier alpha value is -4.83. The lowest BCUT2D eigenvalue weighted by Gasteiger charge is -2.48. The van der Waals surface area contributed by atoms with Crippen molar-refractivity contribution in [2.24, 2.45) is 0 Å². The Morgan fingerprint density at radius 2 is 0.262 bits per heavy atom. The molecule has 84 heavy (non-hydrogen) atoms. The van der Waals surface area contributed by atoms with Gasteiger partial charge in [0.1, 0.15) is 128 Å². The fraction of sp³-hybridized carbons (Fsp3) is 0.833. The molecule has 21 aliphatic heterocycles. The van der Waals surface area contributed by atoms with Crippen LogP contribution in [0.15, 0.2) is 0 Å². The van der Waals surface area contributed by atoms with Crippen molar-refractivity contribution in [2.75, 3.05) is 0 Å². The maximum Gasteiger partial charge on any atom is 0.335 e. The van der Waals surface area contributed by atoms with E-state index in [2.05, 4.69) is 0 Å². The van der Waals surface area contributed by atoms with E-state index >= 15 is 0 Å². The number of hydrogen-bond donors (Lipinski definition) is 21. The summed E-state index contributed by atoms with van der Waals surface area (Å²) in [7, 11) is 0. The minimum absolute atomic E-state index is 2.16. The highest BCUT2D eigenvalue weighted by molar-refractivity contribution is 5.76. The van der Waals surface area contributed by atoms with Crippen molar-refractivity contribution in [3.8, 4) is 0 Å². The molecule has 0 aliphatic carbocycles. The molecule has 0 amide bonds. The van der Waals surface area contributed by atoms with Gasteiger partial charge in [-0.05, 0) is 0 Å². The minimum atomic E-state index is -2.69. The van der Waals surface area contributed by atoms with Gasteiger partial charge in [0, 0.05) is 0 Å². The molecule has 476 valence electrons. The van der Waals surface area contributed by atoms with Gasteiger partial charge in [0.25, 0.3) is 0 Å². The number of rotatable bonds is 7. The van der Waals surface area contributed by atoms with Gasteiger partial charge >= 0.3 is 41.8 Å². The second-order valence-corrected chi connectivity index (χ2v) is 19.9. The smallest absolute Gasteiger partial charge is 0.335 e. The standard InChI is InChI=1S/C42H56O42/c43-1-8(50)36-72-16-3(45)10(52)38(80-23(16)30(59)60)74-18-5(47)12(54)40(82-25(18)32(63)64)76-20-7(49)14(56)42(84-27(20)34(67)68)77-21-6(48)13(55)41(83-28(21)35(69)70)75-19-4(46)11(53)39(81-26(19)33(65)66)73-17-2(44)9(51)37(79-24(17)31(61)62)71-15(1)22(78-36)29(57)58/h1-28,36-56H,(H,57,58)(H,59,60)(H,61,62)(H,63,64)(H,65,66)(H,67,68)(H,69,70)/t1-,2-,3-,4-,5-,6-,7-,8-,9-,10-,11-,12-,13-,14-,15+,16+,17+,18+,19+,20+,21+,22+,23+,24+,25+,26+,27+,28+,36+,37+,38+,39+,40+,41+,42+/m1/s1. The minimum Gasteiger partial charge on any atom is -0.479 e. The first-order chi connectivity index (χ1) is 39.3. The molecular weight excluding hydrogens is 1180 g/mol. The normalized spacial score (nSPS) is 51.3. The van der Waals surface area contributed by atoms with E-state index in [1.54, 1.807) is 0 Å². The van der Waals surface area contributed by atoms with Crippen LogP contribution in [-0.4, -0.2) is 364 Å². The van der Waals surface area contributed by atoms with Gasteiger partial charge in [-0.3, -0.25) is 0 Å². The molecule has 42 nitrogen and oxygen atoms in total. The van der Waals surface area contributed by atoms with Crippen LogP contribution < -0.4 is 0 Å². The molecule has 14 bridgehead atoms. The van der Waals surface area contributed by atoms with Crippen LogP contribution in [0.1, 0.15) is 0 Å². The number of carboxylic acids is 7. The number of aliphatic hydroxyl groups excluding tert-OH is 14. The average Bonchev–Trinajstić information content (AvgIpc) is 1.59. The SMILES string of the molecule is O=C(O)[C@H]1O[C@@H]2O[C@H]3[C@H](O)[C@@H](O)[C@@H](O[C@H]4[C@H](O)[C@@H](O)[C@@H](O[C@H]5[C@H](O)[C@@H](O)[C@@H](O[C@H]6[C@H](O)[C@@H](O)[C@@H](O[C@H]7[C@H](O)[C@@H](O)[C@@H](O[C@H]8[C@H](O)[C@@H](O)[C@@H](O[C@H]1[C@H](O)[C@H]2O)O[C@@H]8C(=O)O)O[C@@H]7C(=O)O)O[C@@H]6C(=O)O)O[C@@H]5C(=O)O)O[C@@H]4C(=O)O)O[C@@H]3C(=O)O. The van der Waals surface area contributed by atoms with E-state index in [1.807, 2.05) is 0 Å². The molecule has 21 rings (SSSR count). The summed E-state index contributed by atoms with van der Waals surface area (Å²) in [5.41, 5.74) is 0. The van der Waals surface area contributed by atoms with Crippen LogP contribution in [0.3, 0.4) is 0 Å². The Labute approximate surface area is 463 Å². The first kappa shape index (κ1) is 65.2. The monoisotopic (exact) mass is 1230 g/mol. The highest BCUT2D eigenvalue weighted by Gasteiger charge is 2.63. The lowest BCUT2D eigenvalue weighted by Crippen LogP contribution is -2.69. The van der Waals surface area contributed by atoms with Crippen LogP contribution >= 0.6 is 0 Å². The molecule has 21 N–H and O–H groups in total. The summed E-state index contributed by atoms with van der Waals surface area (Å²) in [5, 5.41) is 228. The van der Waals surface area contributed by atoms with Crippen molar-refractivity contribution in [1.82, 2.24) is 0 Å². The van der Waals surface area contributed by atoms with E-state index in [0.29, 0.717) is 0 Å². The van der Waals surface area contributed by atoms with Crippen molar-refractivity contribution in [1.29, 1.82) is 0 Å². The molecule has 0 unspecified atom stereocenters. The molecule has 21 aliphatic rings. The van der Waals surface area contributed by atoms with Crippen molar-refractivity contribution < 1.29 is 207 Å². The van der Waals surface area contributed by atoms with Crippen LogP contribution in [-0.2, 0) is 99.9 Å². The summed E-state index contributed by atoms with van der Waals surface area (Å²) in [6.45, 7) is 0. The first-order valence-electron chi connectivity index (χ1n) is 24.6. The largest absolute Gasteiger partial charge is 0.479 e. The predicted octanol–water partition coefficient (Wildman–Crippen LogP) is -14.6. The number of carboxylic acid groups (broad SMARTS) is 7. The van der Waals surface area contributed by atoms with Gasteiger partial charge in [0.05, 0.1) is 0 Å². The van der Waals surface area contributed by atoms with Crippen LogP contribution in [0, 0.1) is 0 Å². The Morgan fingerprint density at radius 3 is 0.345 bits per heavy atom. The summed E-state index contributed by atoms with van der Waals surface area (Å²) in [5.74, 6) is -15.1. The quantitative estimate of drug-likeness (QED) is 0.113. The molecule has 0 aromatic rings. The van der Waals surface area contributed by atoms with E-state index in [4.69, 9.17) is 66.3 Å². The maximum atomic E-state index is 12.6. The van der Waals surface area contributed by atoms with Crippen LogP contribution in [0.25, 0.3) is 0 Å². The third-order valence-corrected chi connectivity index (χ3v) is 14.6. The van der Waals surface area contributed by atoms with Gasteiger partial charge in [0.15, 0.2) is 86.8 Å². The highest BCUT2D eigenvalue weighted by Crippen LogP contribution is 2.39.